The Balaban J connectivity index is 2.94. The Morgan fingerprint density at radius 3 is 3.09 bits per heavy atom. The predicted octanol–water partition coefficient (Wildman–Crippen LogP) is 0.843. The molecule has 3 nitrogen and oxygen atoms in total. The van der Waals surface area contributed by atoms with Gasteiger partial charge in [0.05, 0.1) is 11.0 Å². The van der Waals surface area contributed by atoms with Crippen LogP contribution in [0.25, 0.3) is 11.0 Å². The average molecular weight is 144 g/mol. The molecule has 0 unspecified atom stereocenters. The third-order valence-electron chi connectivity index (χ3n) is 1.45. The zero-order valence-corrected chi connectivity index (χ0v) is 5.76. The minimum absolute atomic E-state index is 0.212. The maximum atomic E-state index is 7.20. The fraction of sp³-hybridized carbons (Fsp3) is 0. The van der Waals surface area contributed by atoms with Gasteiger partial charge in [0.25, 0.3) is 0 Å². The molecule has 1 aromatic heterocycles. The van der Waals surface area contributed by atoms with E-state index in [0.29, 0.717) is 0 Å². The lowest BCUT2D eigenvalue weighted by atomic mass is 10.3. The van der Waals surface area contributed by atoms with E-state index in [1.807, 2.05) is 24.3 Å². The zero-order chi connectivity index (χ0) is 7.68. The van der Waals surface area contributed by atoms with Crippen molar-refractivity contribution in [2.24, 2.45) is 0 Å². The number of aromatic amines is 1. The second kappa shape index (κ2) is 2.20. The van der Waals surface area contributed by atoms with E-state index < -0.39 is 0 Å². The number of para-hydroxylation sites is 2. The molecule has 0 aliphatic carbocycles. The summed E-state index contributed by atoms with van der Waals surface area (Å²) >= 11 is 0. The van der Waals surface area contributed by atoms with E-state index in [-0.39, 0.29) is 5.49 Å². The first-order valence-electron chi connectivity index (χ1n) is 3.27. The van der Waals surface area contributed by atoms with Crippen molar-refractivity contribution >= 4 is 11.0 Å². The van der Waals surface area contributed by atoms with Crippen molar-refractivity contribution in [2.75, 3.05) is 0 Å². The molecule has 0 aliphatic rings. The first kappa shape index (κ1) is 6.09. The van der Waals surface area contributed by atoms with Crippen LogP contribution in [0.5, 0.6) is 0 Å². The molecule has 1 radical (unpaired) electrons. The first-order chi connectivity index (χ1) is 5.36. The van der Waals surface area contributed by atoms with Crippen LogP contribution in [0.1, 0.15) is 0 Å². The van der Waals surface area contributed by atoms with E-state index >= 15 is 0 Å². The van der Waals surface area contributed by atoms with Crippen LogP contribution in [0.3, 0.4) is 0 Å². The minimum Gasteiger partial charge on any atom is -0.337 e. The highest BCUT2D eigenvalue weighted by Gasteiger charge is 1.89. The molecule has 3 heteroatoms. The van der Waals surface area contributed by atoms with Crippen molar-refractivity contribution in [3.8, 4) is 0 Å². The third-order valence-corrected chi connectivity index (χ3v) is 1.45. The molecular formula is C8H6N3. The SMILES string of the molecule is N=c1[c]nc2ccccc2[nH]1. The molecule has 53 valence electrons. The van der Waals surface area contributed by atoms with Gasteiger partial charge in [0.1, 0.15) is 6.20 Å². The molecule has 11 heavy (non-hydrogen) atoms. The van der Waals surface area contributed by atoms with Crippen molar-refractivity contribution in [3.05, 3.63) is 36.0 Å². The number of hydrogen-bond acceptors (Lipinski definition) is 2. The topological polar surface area (TPSA) is 52.5 Å². The smallest absolute Gasteiger partial charge is 0.151 e. The summed E-state index contributed by atoms with van der Waals surface area (Å²) in [5, 5.41) is 7.20. The van der Waals surface area contributed by atoms with Crippen LogP contribution in [0.15, 0.2) is 24.3 Å². The fourth-order valence-electron chi connectivity index (χ4n) is 0.956. The summed E-state index contributed by atoms with van der Waals surface area (Å²) < 4.78 is 0. The standard InChI is InChI=1S/C8H6N3/c9-8-5-10-6-3-1-2-4-7(6)11-8/h1-4H,(H2,9,11). The fourth-order valence-corrected chi connectivity index (χ4v) is 0.956. The molecule has 0 saturated carbocycles. The Morgan fingerprint density at radius 1 is 1.36 bits per heavy atom. The van der Waals surface area contributed by atoms with E-state index in [9.17, 15) is 0 Å². The van der Waals surface area contributed by atoms with Gasteiger partial charge in [0.2, 0.25) is 0 Å². The van der Waals surface area contributed by atoms with Gasteiger partial charge in [-0.2, -0.15) is 0 Å². The van der Waals surface area contributed by atoms with Gasteiger partial charge >= 0.3 is 0 Å². The summed E-state index contributed by atoms with van der Waals surface area (Å²) in [5.74, 6) is 0. The Labute approximate surface area is 63.2 Å². The Morgan fingerprint density at radius 2 is 2.18 bits per heavy atom. The number of nitrogens with one attached hydrogen (secondary N) is 2. The van der Waals surface area contributed by atoms with Gasteiger partial charge in [-0.3, -0.25) is 5.41 Å². The summed E-state index contributed by atoms with van der Waals surface area (Å²) in [6.45, 7) is 0. The van der Waals surface area contributed by atoms with Gasteiger partial charge in [-0.1, -0.05) is 12.1 Å². The molecule has 0 fully saturated rings. The van der Waals surface area contributed by atoms with Gasteiger partial charge < -0.3 is 4.98 Å². The van der Waals surface area contributed by atoms with E-state index in [1.54, 1.807) is 0 Å². The molecule has 0 atom stereocenters. The molecule has 2 rings (SSSR count). The number of fused-ring (bicyclic) bond motifs is 1. The second-order valence-corrected chi connectivity index (χ2v) is 2.24. The summed E-state index contributed by atoms with van der Waals surface area (Å²) in [4.78, 5) is 6.78. The largest absolute Gasteiger partial charge is 0.337 e. The van der Waals surface area contributed by atoms with E-state index in [1.165, 1.54) is 0 Å². The number of benzene rings is 1. The van der Waals surface area contributed by atoms with Crippen LogP contribution in [-0.2, 0) is 0 Å². The lowest BCUT2D eigenvalue weighted by Crippen LogP contribution is -2.05. The molecule has 2 aromatic rings. The van der Waals surface area contributed by atoms with Crippen LogP contribution >= 0.6 is 0 Å². The highest BCUT2D eigenvalue weighted by Crippen LogP contribution is 2.02. The average Bonchev–Trinajstić information content (AvgIpc) is 2.04. The van der Waals surface area contributed by atoms with E-state index in [0.717, 1.165) is 11.0 Å². The molecule has 1 heterocycles. The van der Waals surface area contributed by atoms with Crippen LogP contribution in [0.4, 0.5) is 0 Å². The highest BCUT2D eigenvalue weighted by atomic mass is 14.8. The number of aromatic nitrogens is 2. The van der Waals surface area contributed by atoms with Crippen molar-refractivity contribution in [1.29, 1.82) is 5.41 Å². The van der Waals surface area contributed by atoms with Crippen LogP contribution in [0.2, 0.25) is 0 Å². The molecule has 1 aromatic carbocycles. The number of H-pyrrole nitrogens is 1. The maximum absolute atomic E-state index is 7.20. The molecule has 0 aliphatic heterocycles. The third kappa shape index (κ3) is 1.00. The van der Waals surface area contributed by atoms with Gasteiger partial charge in [0, 0.05) is 0 Å². The lowest BCUT2D eigenvalue weighted by molar-refractivity contribution is 1.08. The number of rotatable bonds is 0. The summed E-state index contributed by atoms with van der Waals surface area (Å²) in [7, 11) is 0. The molecular weight excluding hydrogens is 138 g/mol. The molecule has 0 amide bonds. The predicted molar refractivity (Wildman–Crippen MR) is 40.8 cm³/mol. The lowest BCUT2D eigenvalue weighted by Gasteiger charge is -1.92. The quantitative estimate of drug-likeness (QED) is 0.565. The summed E-state index contributed by atoms with van der Waals surface area (Å²) in [6, 6.07) is 7.57. The number of hydrogen-bond donors (Lipinski definition) is 2. The van der Waals surface area contributed by atoms with E-state index in [2.05, 4.69) is 16.2 Å². The van der Waals surface area contributed by atoms with Gasteiger partial charge in [0.15, 0.2) is 5.49 Å². The first-order valence-corrected chi connectivity index (χ1v) is 3.27. The van der Waals surface area contributed by atoms with Gasteiger partial charge in [-0.05, 0) is 12.1 Å². The van der Waals surface area contributed by atoms with Crippen LogP contribution in [-0.4, -0.2) is 9.97 Å². The Bertz CT molecular complexity index is 430. The van der Waals surface area contributed by atoms with Crippen molar-refractivity contribution in [3.63, 3.8) is 0 Å². The van der Waals surface area contributed by atoms with Crippen molar-refractivity contribution in [1.82, 2.24) is 9.97 Å². The zero-order valence-electron chi connectivity index (χ0n) is 5.76. The van der Waals surface area contributed by atoms with E-state index in [4.69, 9.17) is 5.41 Å². The molecule has 0 bridgehead atoms. The van der Waals surface area contributed by atoms with Crippen LogP contribution < -0.4 is 5.49 Å². The number of nitrogens with zero attached hydrogens (tertiary/aromatic N) is 1. The summed E-state index contributed by atoms with van der Waals surface area (Å²) in [6.07, 6.45) is 2.54. The highest BCUT2D eigenvalue weighted by molar-refractivity contribution is 5.72. The van der Waals surface area contributed by atoms with Crippen molar-refractivity contribution in [2.45, 2.75) is 0 Å². The Kier molecular flexibility index (Phi) is 1.22. The van der Waals surface area contributed by atoms with Crippen LogP contribution in [0, 0.1) is 11.6 Å². The Hall–Kier alpha value is -1.64. The normalized spacial score (nSPS) is 10.2. The van der Waals surface area contributed by atoms with Gasteiger partial charge in [-0.15, -0.1) is 0 Å². The second-order valence-electron chi connectivity index (χ2n) is 2.24. The minimum atomic E-state index is 0.212. The summed E-state index contributed by atoms with van der Waals surface area (Å²) in [5.41, 5.74) is 1.92. The van der Waals surface area contributed by atoms with Crippen molar-refractivity contribution < 1.29 is 0 Å². The molecule has 0 saturated heterocycles. The monoisotopic (exact) mass is 144 g/mol. The molecule has 0 spiro atoms. The molecule has 2 N–H and O–H groups in total. The van der Waals surface area contributed by atoms with Gasteiger partial charge in [-0.25, -0.2) is 4.98 Å². The maximum Gasteiger partial charge on any atom is 0.151 e.